The Labute approximate surface area is 86.4 Å². The SMILES string of the molecule is CC.CCc1cc2ccccc2n1C. The van der Waals surface area contributed by atoms with Crippen molar-refractivity contribution in [1.29, 1.82) is 0 Å². The van der Waals surface area contributed by atoms with Crippen LogP contribution >= 0.6 is 0 Å². The molecule has 0 aliphatic heterocycles. The second-order valence-corrected chi connectivity index (χ2v) is 3.11. The van der Waals surface area contributed by atoms with E-state index >= 15 is 0 Å². The summed E-state index contributed by atoms with van der Waals surface area (Å²) in [5, 5.41) is 1.34. The second kappa shape index (κ2) is 4.85. The van der Waals surface area contributed by atoms with Crippen LogP contribution in [-0.2, 0) is 13.5 Å². The third-order valence-corrected chi connectivity index (χ3v) is 2.41. The van der Waals surface area contributed by atoms with Crippen LogP contribution in [-0.4, -0.2) is 4.57 Å². The molecule has 14 heavy (non-hydrogen) atoms. The van der Waals surface area contributed by atoms with E-state index in [9.17, 15) is 0 Å². The smallest absolute Gasteiger partial charge is 0.0479 e. The molecule has 1 heteroatoms. The third kappa shape index (κ3) is 1.82. The van der Waals surface area contributed by atoms with Gasteiger partial charge in [-0.15, -0.1) is 0 Å². The van der Waals surface area contributed by atoms with Gasteiger partial charge in [0.25, 0.3) is 0 Å². The zero-order valence-corrected chi connectivity index (χ0v) is 9.54. The highest BCUT2D eigenvalue weighted by Crippen LogP contribution is 2.18. The number of para-hydroxylation sites is 1. The van der Waals surface area contributed by atoms with Crippen LogP contribution in [0, 0.1) is 0 Å². The summed E-state index contributed by atoms with van der Waals surface area (Å²) >= 11 is 0. The van der Waals surface area contributed by atoms with Crippen molar-refractivity contribution in [2.45, 2.75) is 27.2 Å². The lowest BCUT2D eigenvalue weighted by Gasteiger charge is -1.99. The van der Waals surface area contributed by atoms with Gasteiger partial charge in [-0.3, -0.25) is 0 Å². The molecule has 0 unspecified atom stereocenters. The van der Waals surface area contributed by atoms with E-state index in [0.717, 1.165) is 6.42 Å². The normalized spacial score (nSPS) is 9.71. The van der Waals surface area contributed by atoms with Crippen LogP contribution in [0.4, 0.5) is 0 Å². The van der Waals surface area contributed by atoms with Gasteiger partial charge in [-0.1, -0.05) is 39.0 Å². The van der Waals surface area contributed by atoms with E-state index < -0.39 is 0 Å². The van der Waals surface area contributed by atoms with Crippen molar-refractivity contribution in [1.82, 2.24) is 4.57 Å². The first-order valence-corrected chi connectivity index (χ1v) is 5.36. The van der Waals surface area contributed by atoms with Crippen molar-refractivity contribution in [3.8, 4) is 0 Å². The summed E-state index contributed by atoms with van der Waals surface area (Å²) in [7, 11) is 2.13. The summed E-state index contributed by atoms with van der Waals surface area (Å²) in [6.07, 6.45) is 1.10. The zero-order chi connectivity index (χ0) is 10.6. The molecule has 0 bridgehead atoms. The van der Waals surface area contributed by atoms with Gasteiger partial charge in [-0.2, -0.15) is 0 Å². The largest absolute Gasteiger partial charge is 0.348 e. The molecule has 1 aromatic carbocycles. The fourth-order valence-corrected chi connectivity index (χ4v) is 1.69. The van der Waals surface area contributed by atoms with E-state index in [-0.39, 0.29) is 0 Å². The molecular weight excluding hydrogens is 170 g/mol. The molecule has 0 radical (unpaired) electrons. The minimum atomic E-state index is 1.10. The van der Waals surface area contributed by atoms with Crippen LogP contribution in [0.3, 0.4) is 0 Å². The van der Waals surface area contributed by atoms with Crippen LogP contribution in [0.1, 0.15) is 26.5 Å². The average Bonchev–Trinajstić information content (AvgIpc) is 2.59. The predicted octanol–water partition coefficient (Wildman–Crippen LogP) is 3.77. The summed E-state index contributed by atoms with van der Waals surface area (Å²) in [6.45, 7) is 6.19. The predicted molar refractivity (Wildman–Crippen MR) is 63.6 cm³/mol. The standard InChI is InChI=1S/C11H13N.C2H6/c1-3-10-8-9-6-4-5-7-11(9)12(10)2;1-2/h4-8H,3H2,1-2H3;1-2H3. The molecule has 0 atom stereocenters. The Bertz CT molecular complexity index is 399. The number of hydrogen-bond donors (Lipinski definition) is 0. The van der Waals surface area contributed by atoms with Gasteiger partial charge in [0, 0.05) is 18.3 Å². The number of aryl methyl sites for hydroxylation is 2. The fourth-order valence-electron chi connectivity index (χ4n) is 1.69. The molecule has 2 rings (SSSR count). The Kier molecular flexibility index (Phi) is 3.75. The Hall–Kier alpha value is -1.24. The summed E-state index contributed by atoms with van der Waals surface area (Å²) in [6, 6.07) is 10.8. The highest BCUT2D eigenvalue weighted by Gasteiger charge is 2.01. The summed E-state index contributed by atoms with van der Waals surface area (Å²) in [4.78, 5) is 0. The first kappa shape index (κ1) is 10.8. The van der Waals surface area contributed by atoms with E-state index in [4.69, 9.17) is 0 Å². The number of fused-ring (bicyclic) bond motifs is 1. The minimum absolute atomic E-state index is 1.10. The summed E-state index contributed by atoms with van der Waals surface area (Å²) in [5.41, 5.74) is 2.73. The lowest BCUT2D eigenvalue weighted by molar-refractivity contribution is 0.866. The topological polar surface area (TPSA) is 4.93 Å². The molecule has 1 nitrogen and oxygen atoms in total. The van der Waals surface area contributed by atoms with Crippen molar-refractivity contribution >= 4 is 10.9 Å². The van der Waals surface area contributed by atoms with Gasteiger partial charge in [0.1, 0.15) is 0 Å². The van der Waals surface area contributed by atoms with Crippen LogP contribution in [0.5, 0.6) is 0 Å². The van der Waals surface area contributed by atoms with E-state index in [2.05, 4.69) is 48.9 Å². The zero-order valence-electron chi connectivity index (χ0n) is 9.54. The van der Waals surface area contributed by atoms with E-state index in [1.165, 1.54) is 16.6 Å². The molecular formula is C13H19N. The molecule has 0 N–H and O–H groups in total. The highest BCUT2D eigenvalue weighted by atomic mass is 14.9. The van der Waals surface area contributed by atoms with Gasteiger partial charge >= 0.3 is 0 Å². The molecule has 1 aromatic heterocycles. The number of hydrogen-bond acceptors (Lipinski definition) is 0. The molecule has 0 saturated carbocycles. The maximum atomic E-state index is 2.26. The van der Waals surface area contributed by atoms with Crippen molar-refractivity contribution in [3.63, 3.8) is 0 Å². The van der Waals surface area contributed by atoms with Crippen LogP contribution in [0.15, 0.2) is 30.3 Å². The second-order valence-electron chi connectivity index (χ2n) is 3.11. The quantitative estimate of drug-likeness (QED) is 0.643. The van der Waals surface area contributed by atoms with Gasteiger partial charge in [-0.05, 0) is 23.9 Å². The van der Waals surface area contributed by atoms with Crippen LogP contribution in [0.2, 0.25) is 0 Å². The number of benzene rings is 1. The van der Waals surface area contributed by atoms with Gasteiger partial charge in [0.15, 0.2) is 0 Å². The van der Waals surface area contributed by atoms with E-state index in [0.29, 0.717) is 0 Å². The Morgan fingerprint density at radius 3 is 2.36 bits per heavy atom. The molecule has 0 amide bonds. The molecule has 0 saturated heterocycles. The summed E-state index contributed by atoms with van der Waals surface area (Å²) in [5.74, 6) is 0. The minimum Gasteiger partial charge on any atom is -0.348 e. The Balaban J connectivity index is 0.000000461. The lowest BCUT2D eigenvalue weighted by atomic mass is 10.2. The van der Waals surface area contributed by atoms with E-state index in [1.54, 1.807) is 0 Å². The average molecular weight is 189 g/mol. The Morgan fingerprint density at radius 2 is 1.79 bits per heavy atom. The molecule has 0 fully saturated rings. The van der Waals surface area contributed by atoms with Crippen LogP contribution in [0.25, 0.3) is 10.9 Å². The maximum Gasteiger partial charge on any atom is 0.0479 e. The lowest BCUT2D eigenvalue weighted by Crippen LogP contribution is -1.92. The molecule has 0 aliphatic carbocycles. The number of aromatic nitrogens is 1. The molecule has 2 aromatic rings. The van der Waals surface area contributed by atoms with Crippen molar-refractivity contribution in [3.05, 3.63) is 36.0 Å². The monoisotopic (exact) mass is 189 g/mol. The van der Waals surface area contributed by atoms with Gasteiger partial charge in [0.2, 0.25) is 0 Å². The number of rotatable bonds is 1. The highest BCUT2D eigenvalue weighted by molar-refractivity contribution is 5.81. The first-order valence-electron chi connectivity index (χ1n) is 5.36. The maximum absolute atomic E-state index is 2.26. The van der Waals surface area contributed by atoms with Crippen molar-refractivity contribution in [2.24, 2.45) is 7.05 Å². The molecule has 76 valence electrons. The third-order valence-electron chi connectivity index (χ3n) is 2.41. The van der Waals surface area contributed by atoms with Crippen LogP contribution < -0.4 is 0 Å². The van der Waals surface area contributed by atoms with Gasteiger partial charge < -0.3 is 4.57 Å². The van der Waals surface area contributed by atoms with Gasteiger partial charge in [0.05, 0.1) is 0 Å². The van der Waals surface area contributed by atoms with Gasteiger partial charge in [-0.25, -0.2) is 0 Å². The van der Waals surface area contributed by atoms with Crippen molar-refractivity contribution in [2.75, 3.05) is 0 Å². The summed E-state index contributed by atoms with van der Waals surface area (Å²) < 4.78 is 2.26. The van der Waals surface area contributed by atoms with E-state index in [1.807, 2.05) is 13.8 Å². The van der Waals surface area contributed by atoms with Crippen molar-refractivity contribution < 1.29 is 0 Å². The molecule has 1 heterocycles. The Morgan fingerprint density at radius 1 is 1.14 bits per heavy atom. The fraction of sp³-hybridized carbons (Fsp3) is 0.385. The first-order chi connectivity index (χ1) is 6.83. The molecule has 0 aliphatic rings. The molecule has 0 spiro atoms. The number of nitrogens with zero attached hydrogens (tertiary/aromatic N) is 1.